The average Bonchev–Trinajstić information content (AvgIpc) is 2.78. The van der Waals surface area contributed by atoms with Crippen molar-refractivity contribution in [2.24, 2.45) is 0 Å². The highest BCUT2D eigenvalue weighted by Crippen LogP contribution is 2.24. The first kappa shape index (κ1) is 19.4. The summed E-state index contributed by atoms with van der Waals surface area (Å²) in [5.41, 5.74) is 3.43. The number of pyridine rings is 2. The molecule has 4 aromatic rings. The molecule has 2 aromatic heterocycles. The summed E-state index contributed by atoms with van der Waals surface area (Å²) < 4.78 is 28.8. The van der Waals surface area contributed by atoms with E-state index in [0.29, 0.717) is 16.8 Å². The predicted octanol–water partition coefficient (Wildman–Crippen LogP) is 4.83. The molecule has 2 aromatic carbocycles. The maximum atomic E-state index is 12.9. The molecule has 0 aliphatic rings. The molecule has 0 radical (unpaired) electrons. The van der Waals surface area contributed by atoms with Gasteiger partial charge in [-0.3, -0.25) is 9.78 Å². The van der Waals surface area contributed by atoms with Crippen molar-refractivity contribution in [3.05, 3.63) is 90.3 Å². The minimum atomic E-state index is -2.87. The molecule has 30 heavy (non-hydrogen) atoms. The lowest BCUT2D eigenvalue weighted by Crippen LogP contribution is -2.23. The molecular weight excluding hydrogens is 388 g/mol. The third-order valence-electron chi connectivity index (χ3n) is 4.52. The van der Waals surface area contributed by atoms with Gasteiger partial charge < -0.3 is 10.1 Å². The fraction of sp³-hybridized carbons (Fsp3) is 0.0870. The molecule has 1 amide bonds. The normalized spacial score (nSPS) is 10.9. The summed E-state index contributed by atoms with van der Waals surface area (Å²) in [4.78, 5) is 21.7. The number of para-hydroxylation sites is 1. The topological polar surface area (TPSA) is 64.1 Å². The molecule has 1 N–H and O–H groups in total. The first-order valence-electron chi connectivity index (χ1n) is 9.22. The summed E-state index contributed by atoms with van der Waals surface area (Å²) in [7, 11) is 0. The Bertz CT molecular complexity index is 1170. The van der Waals surface area contributed by atoms with Crippen LogP contribution in [0.2, 0.25) is 0 Å². The van der Waals surface area contributed by atoms with Gasteiger partial charge in [0.05, 0.1) is 16.8 Å². The van der Waals surface area contributed by atoms with Gasteiger partial charge in [-0.25, -0.2) is 4.98 Å². The summed E-state index contributed by atoms with van der Waals surface area (Å²) in [6.45, 7) is -2.63. The van der Waals surface area contributed by atoms with E-state index >= 15 is 0 Å². The number of nitrogens with zero attached hydrogens (tertiary/aromatic N) is 2. The van der Waals surface area contributed by atoms with Crippen LogP contribution in [0, 0.1) is 0 Å². The molecule has 0 spiro atoms. The van der Waals surface area contributed by atoms with E-state index in [9.17, 15) is 13.6 Å². The number of rotatable bonds is 6. The van der Waals surface area contributed by atoms with E-state index < -0.39 is 6.61 Å². The van der Waals surface area contributed by atoms with Gasteiger partial charge in [0.15, 0.2) is 0 Å². The van der Waals surface area contributed by atoms with Crippen molar-refractivity contribution in [2.75, 3.05) is 0 Å². The van der Waals surface area contributed by atoms with Crippen molar-refractivity contribution in [1.82, 2.24) is 15.3 Å². The molecule has 0 bridgehead atoms. The molecule has 0 aliphatic carbocycles. The highest BCUT2D eigenvalue weighted by atomic mass is 19.3. The summed E-state index contributed by atoms with van der Waals surface area (Å²) in [5, 5.41) is 3.61. The van der Waals surface area contributed by atoms with Gasteiger partial charge >= 0.3 is 6.61 Å². The second-order valence-electron chi connectivity index (χ2n) is 6.52. The zero-order chi connectivity index (χ0) is 20.9. The molecule has 0 saturated carbocycles. The number of carbonyl (C=O) groups excluding carboxylic acids is 1. The standard InChI is InChI=1S/C23H17F2N3O2/c24-23(25)30-17-9-7-15(8-10-17)13-27-22(29)19-12-21(16-4-3-11-26-14-16)28-20-6-2-1-5-18(19)20/h1-12,14,23H,13H2,(H,27,29). The fourth-order valence-electron chi connectivity index (χ4n) is 3.09. The van der Waals surface area contributed by atoms with Crippen LogP contribution >= 0.6 is 0 Å². The van der Waals surface area contributed by atoms with E-state index in [2.05, 4.69) is 20.0 Å². The number of hydrogen-bond acceptors (Lipinski definition) is 4. The van der Waals surface area contributed by atoms with Crippen molar-refractivity contribution in [2.45, 2.75) is 13.2 Å². The highest BCUT2D eigenvalue weighted by Gasteiger charge is 2.14. The summed E-state index contributed by atoms with van der Waals surface area (Å²) in [6.07, 6.45) is 3.37. The largest absolute Gasteiger partial charge is 0.435 e. The number of amides is 1. The van der Waals surface area contributed by atoms with Crippen molar-refractivity contribution in [3.8, 4) is 17.0 Å². The van der Waals surface area contributed by atoms with Crippen LogP contribution in [-0.4, -0.2) is 22.5 Å². The molecular formula is C23H17F2N3O2. The molecule has 150 valence electrons. The molecule has 2 heterocycles. The summed E-state index contributed by atoms with van der Waals surface area (Å²) >= 11 is 0. The van der Waals surface area contributed by atoms with Crippen molar-refractivity contribution in [3.63, 3.8) is 0 Å². The lowest BCUT2D eigenvalue weighted by atomic mass is 10.0. The quantitative estimate of drug-likeness (QED) is 0.499. The molecule has 0 fully saturated rings. The number of benzene rings is 2. The zero-order valence-electron chi connectivity index (χ0n) is 15.8. The predicted molar refractivity (Wildman–Crippen MR) is 109 cm³/mol. The number of halogens is 2. The first-order chi connectivity index (χ1) is 14.6. The van der Waals surface area contributed by atoms with Gasteiger partial charge in [-0.05, 0) is 42.0 Å². The lowest BCUT2D eigenvalue weighted by Gasteiger charge is -2.11. The Balaban J connectivity index is 1.58. The zero-order valence-corrected chi connectivity index (χ0v) is 15.8. The van der Waals surface area contributed by atoms with Crippen LogP contribution in [0.3, 0.4) is 0 Å². The minimum absolute atomic E-state index is 0.0707. The second kappa shape index (κ2) is 8.65. The number of hydrogen-bond donors (Lipinski definition) is 1. The van der Waals surface area contributed by atoms with E-state index in [4.69, 9.17) is 0 Å². The van der Waals surface area contributed by atoms with E-state index in [-0.39, 0.29) is 18.2 Å². The first-order valence-corrected chi connectivity index (χ1v) is 9.22. The Hall–Kier alpha value is -3.87. The van der Waals surface area contributed by atoms with E-state index in [1.54, 1.807) is 30.6 Å². The molecule has 0 atom stereocenters. The number of aromatic nitrogens is 2. The van der Waals surface area contributed by atoms with Crippen LogP contribution in [0.4, 0.5) is 8.78 Å². The van der Waals surface area contributed by atoms with Crippen LogP contribution < -0.4 is 10.1 Å². The van der Waals surface area contributed by atoms with Crippen LogP contribution in [0.5, 0.6) is 5.75 Å². The van der Waals surface area contributed by atoms with Gasteiger partial charge in [0, 0.05) is 29.9 Å². The third-order valence-corrected chi connectivity index (χ3v) is 4.52. The van der Waals surface area contributed by atoms with Crippen LogP contribution in [0.1, 0.15) is 15.9 Å². The molecule has 0 aliphatic heterocycles. The van der Waals surface area contributed by atoms with Crippen molar-refractivity contribution < 1.29 is 18.3 Å². The Morgan fingerprint density at radius 3 is 2.57 bits per heavy atom. The van der Waals surface area contributed by atoms with Crippen molar-refractivity contribution in [1.29, 1.82) is 0 Å². The smallest absolute Gasteiger partial charge is 0.387 e. The van der Waals surface area contributed by atoms with Gasteiger partial charge in [0.2, 0.25) is 0 Å². The van der Waals surface area contributed by atoms with Gasteiger partial charge in [-0.2, -0.15) is 8.78 Å². The second-order valence-corrected chi connectivity index (χ2v) is 6.52. The number of alkyl halides is 2. The van der Waals surface area contributed by atoms with Crippen molar-refractivity contribution >= 4 is 16.8 Å². The molecule has 0 saturated heterocycles. The monoisotopic (exact) mass is 405 g/mol. The van der Waals surface area contributed by atoms with Gasteiger partial charge in [0.1, 0.15) is 5.75 Å². The van der Waals surface area contributed by atoms with Gasteiger partial charge in [-0.15, -0.1) is 0 Å². The van der Waals surface area contributed by atoms with Crippen LogP contribution in [0.15, 0.2) is 79.1 Å². The summed E-state index contributed by atoms with van der Waals surface area (Å²) in [6, 6.07) is 19.0. The summed E-state index contributed by atoms with van der Waals surface area (Å²) in [5.74, 6) is -0.187. The third kappa shape index (κ3) is 4.41. The van der Waals surface area contributed by atoms with E-state index in [0.717, 1.165) is 16.5 Å². The number of ether oxygens (including phenoxy) is 1. The minimum Gasteiger partial charge on any atom is -0.435 e. The Labute approximate surface area is 171 Å². The lowest BCUT2D eigenvalue weighted by molar-refractivity contribution is -0.0498. The molecule has 7 heteroatoms. The highest BCUT2D eigenvalue weighted by molar-refractivity contribution is 6.07. The van der Waals surface area contributed by atoms with E-state index in [1.807, 2.05) is 36.4 Å². The Morgan fingerprint density at radius 1 is 1.03 bits per heavy atom. The number of carbonyl (C=O) groups is 1. The van der Waals surface area contributed by atoms with Crippen LogP contribution in [-0.2, 0) is 6.54 Å². The Kier molecular flexibility index (Phi) is 5.61. The maximum absolute atomic E-state index is 12.9. The number of nitrogens with one attached hydrogen (secondary N) is 1. The maximum Gasteiger partial charge on any atom is 0.387 e. The molecule has 0 unspecified atom stereocenters. The van der Waals surface area contributed by atoms with Gasteiger partial charge in [-0.1, -0.05) is 30.3 Å². The molecule has 5 nitrogen and oxygen atoms in total. The van der Waals surface area contributed by atoms with Gasteiger partial charge in [0.25, 0.3) is 5.91 Å². The number of fused-ring (bicyclic) bond motifs is 1. The van der Waals surface area contributed by atoms with Crippen LogP contribution in [0.25, 0.3) is 22.2 Å². The average molecular weight is 405 g/mol. The fourth-order valence-corrected chi connectivity index (χ4v) is 3.09. The van der Waals surface area contributed by atoms with E-state index in [1.165, 1.54) is 12.1 Å². The Morgan fingerprint density at radius 2 is 1.83 bits per heavy atom. The molecule has 4 rings (SSSR count). The SMILES string of the molecule is O=C(NCc1ccc(OC(F)F)cc1)c1cc(-c2cccnc2)nc2ccccc12.